The third-order valence-electron chi connectivity index (χ3n) is 3.92. The zero-order valence-corrected chi connectivity index (χ0v) is 15.9. The first-order valence-corrected chi connectivity index (χ1v) is 10.4. The number of sulfonamides is 1. The number of nitrogens with one attached hydrogen (secondary N) is 1. The van der Waals surface area contributed by atoms with E-state index in [1.807, 2.05) is 20.8 Å². The molecule has 1 saturated heterocycles. The highest BCUT2D eigenvalue weighted by molar-refractivity contribution is 9.11. The van der Waals surface area contributed by atoms with Crippen LogP contribution in [0.25, 0.3) is 0 Å². The van der Waals surface area contributed by atoms with Crippen molar-refractivity contribution in [3.05, 3.63) is 14.7 Å². The van der Waals surface area contributed by atoms with Crippen molar-refractivity contribution in [1.29, 1.82) is 0 Å². The number of hydrogen-bond donors (Lipinski definition) is 1. The molecule has 0 radical (unpaired) electrons. The molecule has 2 heterocycles. The van der Waals surface area contributed by atoms with Crippen molar-refractivity contribution < 1.29 is 8.42 Å². The van der Waals surface area contributed by atoms with Gasteiger partial charge < -0.3 is 5.32 Å². The summed E-state index contributed by atoms with van der Waals surface area (Å²) in [5.41, 5.74) is 0. The maximum Gasteiger partial charge on any atom is 0.245 e. The summed E-state index contributed by atoms with van der Waals surface area (Å²) in [5, 5.41) is 3.23. The fourth-order valence-corrected chi connectivity index (χ4v) is 7.38. The molecular formula is C14H23BrN2O2S2. The molecule has 0 unspecified atom stereocenters. The Balaban J connectivity index is 2.32. The average Bonchev–Trinajstić information content (AvgIpc) is 2.78. The van der Waals surface area contributed by atoms with Crippen LogP contribution in [0.3, 0.4) is 0 Å². The number of halogens is 1. The SMILES string of the molecule is CCNCc1cc(S(=O)(=O)N2[C@H](C)CCC[C@@H]2C)c(Br)s1. The first-order chi connectivity index (χ1) is 9.87. The van der Waals surface area contributed by atoms with Crippen LogP contribution in [-0.4, -0.2) is 31.4 Å². The molecule has 1 aliphatic heterocycles. The van der Waals surface area contributed by atoms with E-state index in [1.165, 1.54) is 11.3 Å². The Kier molecular flexibility index (Phi) is 5.87. The molecule has 1 aromatic heterocycles. The summed E-state index contributed by atoms with van der Waals surface area (Å²) >= 11 is 4.93. The fourth-order valence-electron chi connectivity index (χ4n) is 2.89. The van der Waals surface area contributed by atoms with E-state index in [0.29, 0.717) is 15.2 Å². The Morgan fingerprint density at radius 1 is 1.38 bits per heavy atom. The van der Waals surface area contributed by atoms with Crippen molar-refractivity contribution in [1.82, 2.24) is 9.62 Å². The predicted octanol–water partition coefficient (Wildman–Crippen LogP) is 3.57. The van der Waals surface area contributed by atoms with Gasteiger partial charge in [-0.3, -0.25) is 0 Å². The zero-order valence-electron chi connectivity index (χ0n) is 12.7. The van der Waals surface area contributed by atoms with Gasteiger partial charge in [0.1, 0.15) is 4.90 Å². The molecule has 0 bridgehead atoms. The predicted molar refractivity (Wildman–Crippen MR) is 91.2 cm³/mol. The van der Waals surface area contributed by atoms with Crippen LogP contribution in [0, 0.1) is 0 Å². The van der Waals surface area contributed by atoms with Gasteiger partial charge in [-0.15, -0.1) is 11.3 Å². The molecular weight excluding hydrogens is 372 g/mol. The van der Waals surface area contributed by atoms with Crippen molar-refractivity contribution in [2.45, 2.75) is 63.6 Å². The van der Waals surface area contributed by atoms with Crippen LogP contribution in [0.5, 0.6) is 0 Å². The summed E-state index contributed by atoms with van der Waals surface area (Å²) in [5.74, 6) is 0. The molecule has 7 heteroatoms. The molecule has 120 valence electrons. The van der Waals surface area contributed by atoms with Crippen LogP contribution in [-0.2, 0) is 16.6 Å². The van der Waals surface area contributed by atoms with E-state index in [0.717, 1.165) is 30.7 Å². The largest absolute Gasteiger partial charge is 0.312 e. The van der Waals surface area contributed by atoms with Gasteiger partial charge in [-0.1, -0.05) is 13.3 Å². The van der Waals surface area contributed by atoms with Gasteiger partial charge in [0.2, 0.25) is 10.0 Å². The van der Waals surface area contributed by atoms with Crippen molar-refractivity contribution in [2.75, 3.05) is 6.54 Å². The summed E-state index contributed by atoms with van der Waals surface area (Å²) in [6.45, 7) is 7.63. The molecule has 0 aromatic carbocycles. The van der Waals surface area contributed by atoms with Crippen LogP contribution in [0.4, 0.5) is 0 Å². The van der Waals surface area contributed by atoms with Crippen LogP contribution in [0.1, 0.15) is 44.9 Å². The van der Waals surface area contributed by atoms with Crippen LogP contribution in [0.2, 0.25) is 0 Å². The Morgan fingerprint density at radius 2 is 2.00 bits per heavy atom. The lowest BCUT2D eigenvalue weighted by Gasteiger charge is -2.37. The topological polar surface area (TPSA) is 49.4 Å². The normalized spacial score (nSPS) is 24.4. The quantitative estimate of drug-likeness (QED) is 0.829. The van der Waals surface area contributed by atoms with Crippen molar-refractivity contribution in [3.63, 3.8) is 0 Å². The summed E-state index contributed by atoms with van der Waals surface area (Å²) in [4.78, 5) is 1.46. The third-order valence-corrected chi connectivity index (χ3v) is 8.30. The number of rotatable bonds is 5. The molecule has 0 spiro atoms. The second-order valence-corrected chi connectivity index (χ2v) is 9.86. The second kappa shape index (κ2) is 7.08. The van der Waals surface area contributed by atoms with E-state index >= 15 is 0 Å². The lowest BCUT2D eigenvalue weighted by molar-refractivity contribution is 0.204. The zero-order chi connectivity index (χ0) is 15.6. The second-order valence-electron chi connectivity index (χ2n) is 5.59. The Labute approximate surface area is 140 Å². The van der Waals surface area contributed by atoms with Gasteiger partial charge >= 0.3 is 0 Å². The van der Waals surface area contributed by atoms with E-state index < -0.39 is 10.0 Å². The van der Waals surface area contributed by atoms with Gasteiger partial charge in [-0.05, 0) is 55.2 Å². The molecule has 2 atom stereocenters. The molecule has 1 N–H and O–H groups in total. The molecule has 0 amide bonds. The molecule has 1 aliphatic rings. The minimum atomic E-state index is -3.43. The Morgan fingerprint density at radius 3 is 2.57 bits per heavy atom. The minimum Gasteiger partial charge on any atom is -0.312 e. The van der Waals surface area contributed by atoms with E-state index in [4.69, 9.17) is 0 Å². The smallest absolute Gasteiger partial charge is 0.245 e. The van der Waals surface area contributed by atoms with Gasteiger partial charge in [-0.25, -0.2) is 8.42 Å². The lowest BCUT2D eigenvalue weighted by atomic mass is 10.0. The highest BCUT2D eigenvalue weighted by Crippen LogP contribution is 2.37. The van der Waals surface area contributed by atoms with Gasteiger partial charge in [-0.2, -0.15) is 4.31 Å². The Bertz CT molecular complexity index is 576. The van der Waals surface area contributed by atoms with Crippen molar-refractivity contribution in [3.8, 4) is 0 Å². The number of nitrogens with zero attached hydrogens (tertiary/aromatic N) is 1. The lowest BCUT2D eigenvalue weighted by Crippen LogP contribution is -2.47. The first-order valence-electron chi connectivity index (χ1n) is 7.40. The molecule has 4 nitrogen and oxygen atoms in total. The minimum absolute atomic E-state index is 0.0720. The van der Waals surface area contributed by atoms with E-state index in [-0.39, 0.29) is 12.1 Å². The fraction of sp³-hybridized carbons (Fsp3) is 0.714. The summed E-state index contributed by atoms with van der Waals surface area (Å²) in [6, 6.07) is 1.95. The number of hydrogen-bond acceptors (Lipinski definition) is 4. The summed E-state index contributed by atoms with van der Waals surface area (Å²) in [6.07, 6.45) is 2.98. The third kappa shape index (κ3) is 3.69. The maximum absolute atomic E-state index is 13.0. The van der Waals surface area contributed by atoms with Crippen molar-refractivity contribution in [2.24, 2.45) is 0 Å². The van der Waals surface area contributed by atoms with Crippen LogP contribution in [0.15, 0.2) is 14.7 Å². The van der Waals surface area contributed by atoms with E-state index in [9.17, 15) is 8.42 Å². The van der Waals surface area contributed by atoms with Crippen molar-refractivity contribution >= 4 is 37.3 Å². The summed E-state index contributed by atoms with van der Waals surface area (Å²) < 4.78 is 28.4. The first kappa shape index (κ1) is 17.4. The molecule has 0 saturated carbocycles. The monoisotopic (exact) mass is 394 g/mol. The van der Waals surface area contributed by atoms with Gasteiger partial charge in [0, 0.05) is 23.5 Å². The van der Waals surface area contributed by atoms with Crippen LogP contribution >= 0.6 is 27.3 Å². The highest BCUT2D eigenvalue weighted by atomic mass is 79.9. The number of thiophene rings is 1. The Hall–Kier alpha value is 0.0500. The maximum atomic E-state index is 13.0. The average molecular weight is 395 g/mol. The van der Waals surface area contributed by atoms with Gasteiger partial charge in [0.05, 0.1) is 3.79 Å². The van der Waals surface area contributed by atoms with Gasteiger partial charge in [0.15, 0.2) is 0 Å². The highest BCUT2D eigenvalue weighted by Gasteiger charge is 2.37. The molecule has 21 heavy (non-hydrogen) atoms. The standard InChI is InChI=1S/C14H23BrN2O2S2/c1-4-16-9-12-8-13(14(15)20-12)21(18,19)17-10(2)6-5-7-11(17)3/h8,10-11,16H,4-7,9H2,1-3H3/t10-,11+. The van der Waals surface area contributed by atoms with Gasteiger partial charge in [0.25, 0.3) is 0 Å². The number of piperidine rings is 1. The van der Waals surface area contributed by atoms with E-state index in [2.05, 4.69) is 21.2 Å². The molecule has 1 aromatic rings. The molecule has 1 fully saturated rings. The molecule has 2 rings (SSSR count). The van der Waals surface area contributed by atoms with E-state index in [1.54, 1.807) is 10.4 Å². The summed E-state index contributed by atoms with van der Waals surface area (Å²) in [7, 11) is -3.43. The molecule has 0 aliphatic carbocycles. The van der Waals surface area contributed by atoms with Crippen LogP contribution < -0.4 is 5.32 Å².